The van der Waals surface area contributed by atoms with Crippen molar-refractivity contribution in [3.05, 3.63) is 12.7 Å². The van der Waals surface area contributed by atoms with Crippen LogP contribution in [0.15, 0.2) is 12.7 Å². The Morgan fingerprint density at radius 1 is 1.24 bits per heavy atom. The van der Waals surface area contributed by atoms with E-state index >= 15 is 4.39 Å². The Balaban J connectivity index is 1.80. The van der Waals surface area contributed by atoms with E-state index in [0.717, 1.165) is 6.33 Å². The van der Waals surface area contributed by atoms with Gasteiger partial charge in [0.25, 0.3) is 0 Å². The minimum atomic E-state index is -5.67. The molecule has 0 aromatic carbocycles. The van der Waals surface area contributed by atoms with Gasteiger partial charge < -0.3 is 29.9 Å². The van der Waals surface area contributed by atoms with Crippen molar-refractivity contribution >= 4 is 40.4 Å². The Kier molecular flexibility index (Phi) is 6.89. The molecule has 33 heavy (non-hydrogen) atoms. The summed E-state index contributed by atoms with van der Waals surface area (Å²) in [6.07, 6.45) is 7.55. The van der Waals surface area contributed by atoms with E-state index in [2.05, 4.69) is 34.0 Å². The molecule has 1 saturated carbocycles. The van der Waals surface area contributed by atoms with E-state index in [1.165, 1.54) is 10.9 Å². The summed E-state index contributed by atoms with van der Waals surface area (Å²) in [5, 5.41) is 0. The van der Waals surface area contributed by atoms with Crippen molar-refractivity contribution in [2.75, 3.05) is 12.3 Å². The van der Waals surface area contributed by atoms with Crippen LogP contribution in [-0.2, 0) is 26.8 Å². The van der Waals surface area contributed by atoms with Gasteiger partial charge in [0.2, 0.25) is 0 Å². The summed E-state index contributed by atoms with van der Waals surface area (Å²) in [6, 6.07) is -1.05. The second kappa shape index (κ2) is 8.79. The van der Waals surface area contributed by atoms with Gasteiger partial charge in [0.15, 0.2) is 17.1 Å². The van der Waals surface area contributed by atoms with E-state index in [4.69, 9.17) is 21.9 Å². The summed E-state index contributed by atoms with van der Waals surface area (Å²) in [7, 11) is -16.6. The van der Waals surface area contributed by atoms with Crippen LogP contribution in [-0.4, -0.2) is 51.4 Å². The van der Waals surface area contributed by atoms with Crippen molar-refractivity contribution in [2.24, 2.45) is 11.8 Å². The molecular weight excluding hydrogens is 510 g/mol. The van der Waals surface area contributed by atoms with Gasteiger partial charge in [-0.15, -0.1) is 6.42 Å². The standard InChI is InChI=1S/C14H19FN5O10P3/c1-3-14(15)4-9(5-28-32(24,25)30-33(26,27)29-31(21,22)23)8(2)11(14)20-7-19-10-12(16)17-6-18-13(10)20/h1,6-9,11H,4-5H2,2H3,(H,24,25)(H,26,27)(H2,16,17,18)(H2,21,22,23)/t8-,9+,11-,14-/m1/s1. The van der Waals surface area contributed by atoms with Gasteiger partial charge in [0.05, 0.1) is 19.0 Å². The monoisotopic (exact) mass is 529 g/mol. The molecule has 6 N–H and O–H groups in total. The van der Waals surface area contributed by atoms with E-state index in [1.807, 2.05) is 0 Å². The van der Waals surface area contributed by atoms with Crippen molar-refractivity contribution in [2.45, 2.75) is 25.1 Å². The van der Waals surface area contributed by atoms with Gasteiger partial charge in [-0.1, -0.05) is 12.8 Å². The number of nitrogen functional groups attached to an aromatic ring is 1. The predicted molar refractivity (Wildman–Crippen MR) is 109 cm³/mol. The maximum atomic E-state index is 15.7. The Bertz CT molecular complexity index is 1250. The Morgan fingerprint density at radius 2 is 1.91 bits per heavy atom. The molecule has 0 spiro atoms. The molecular formula is C14H19FN5O10P3. The molecule has 0 aliphatic heterocycles. The molecule has 3 rings (SSSR count). The smallest absolute Gasteiger partial charge is 0.382 e. The van der Waals surface area contributed by atoms with Gasteiger partial charge in [-0.05, 0) is 11.8 Å². The summed E-state index contributed by atoms with van der Waals surface area (Å²) in [5.41, 5.74) is 3.93. The van der Waals surface area contributed by atoms with Crippen LogP contribution in [0.3, 0.4) is 0 Å². The van der Waals surface area contributed by atoms with Gasteiger partial charge in [-0.3, -0.25) is 4.52 Å². The highest BCUT2D eigenvalue weighted by Crippen LogP contribution is 2.66. The topological polar surface area (TPSA) is 229 Å². The number of imidazole rings is 1. The number of nitrogens with zero attached hydrogens (tertiary/aromatic N) is 4. The average Bonchev–Trinajstić information content (AvgIpc) is 3.17. The van der Waals surface area contributed by atoms with Gasteiger partial charge in [-0.2, -0.15) is 8.62 Å². The number of hydrogen-bond donors (Lipinski definition) is 5. The molecule has 0 saturated heterocycles. The van der Waals surface area contributed by atoms with E-state index in [9.17, 15) is 23.5 Å². The third-order valence-electron chi connectivity index (χ3n) is 5.06. The molecule has 1 fully saturated rings. The van der Waals surface area contributed by atoms with Gasteiger partial charge in [0.1, 0.15) is 11.8 Å². The molecule has 1 aliphatic rings. The third-order valence-corrected chi connectivity index (χ3v) is 8.87. The Labute approximate surface area is 185 Å². The summed E-state index contributed by atoms with van der Waals surface area (Å²) in [6.45, 7) is 0.920. The number of halogens is 1. The highest BCUT2D eigenvalue weighted by atomic mass is 31.3. The first-order valence-corrected chi connectivity index (χ1v) is 13.5. The average molecular weight is 529 g/mol. The van der Waals surface area contributed by atoms with Crippen molar-refractivity contribution in [3.8, 4) is 12.3 Å². The molecule has 19 heteroatoms. The highest BCUT2D eigenvalue weighted by Gasteiger charge is 2.54. The number of phosphoric acid groups is 3. The van der Waals surface area contributed by atoms with Gasteiger partial charge >= 0.3 is 23.5 Å². The summed E-state index contributed by atoms with van der Waals surface area (Å²) < 4.78 is 63.2. The molecule has 182 valence electrons. The normalized spacial score (nSPS) is 29.4. The minimum absolute atomic E-state index is 0.0683. The van der Waals surface area contributed by atoms with E-state index in [-0.39, 0.29) is 23.4 Å². The third kappa shape index (κ3) is 5.67. The maximum Gasteiger partial charge on any atom is 0.490 e. The molecule has 2 aromatic rings. The first-order valence-electron chi connectivity index (χ1n) is 8.95. The van der Waals surface area contributed by atoms with Crippen LogP contribution in [0.25, 0.3) is 11.2 Å². The van der Waals surface area contributed by atoms with Gasteiger partial charge in [-0.25, -0.2) is 33.0 Å². The summed E-state index contributed by atoms with van der Waals surface area (Å²) in [5.74, 6) is 0.694. The van der Waals surface area contributed by atoms with Gasteiger partial charge in [0, 0.05) is 6.42 Å². The van der Waals surface area contributed by atoms with Crippen molar-refractivity contribution in [1.29, 1.82) is 0 Å². The number of aromatic nitrogens is 4. The van der Waals surface area contributed by atoms with Crippen LogP contribution in [0.2, 0.25) is 0 Å². The zero-order chi connectivity index (χ0) is 24.8. The lowest BCUT2D eigenvalue weighted by atomic mass is 9.94. The highest BCUT2D eigenvalue weighted by molar-refractivity contribution is 7.66. The van der Waals surface area contributed by atoms with E-state index in [1.54, 1.807) is 6.92 Å². The fourth-order valence-electron chi connectivity index (χ4n) is 3.76. The predicted octanol–water partition coefficient (Wildman–Crippen LogP) is 1.29. The van der Waals surface area contributed by atoms with E-state index < -0.39 is 53.6 Å². The molecule has 6 atom stereocenters. The number of nitrogens with two attached hydrogens (primary N) is 1. The molecule has 2 aromatic heterocycles. The maximum absolute atomic E-state index is 15.7. The zero-order valence-electron chi connectivity index (χ0n) is 16.7. The first kappa shape index (κ1) is 25.9. The summed E-state index contributed by atoms with van der Waals surface area (Å²) in [4.78, 5) is 48.0. The molecule has 2 unspecified atom stereocenters. The molecule has 15 nitrogen and oxygen atoms in total. The second-order valence-electron chi connectivity index (χ2n) is 7.24. The van der Waals surface area contributed by atoms with Crippen molar-refractivity contribution in [1.82, 2.24) is 19.5 Å². The number of phosphoric ester groups is 1. The SMILES string of the molecule is C#C[C@@]1(F)C[C@@H](COP(=O)(O)OP(=O)(O)OP(=O)(O)O)[C@@H](C)[C@H]1n1cnc2c(N)ncnc21. The summed E-state index contributed by atoms with van der Waals surface area (Å²) >= 11 is 0. The molecule has 0 amide bonds. The molecule has 0 bridgehead atoms. The van der Waals surface area contributed by atoms with Crippen LogP contribution in [0, 0.1) is 24.2 Å². The molecule has 0 radical (unpaired) electrons. The number of terminal acetylenes is 1. The number of rotatable bonds is 8. The fraction of sp³-hybridized carbons (Fsp3) is 0.500. The fourth-order valence-corrected chi connectivity index (χ4v) is 6.83. The quantitative estimate of drug-likeness (QED) is 0.240. The lowest BCUT2D eigenvalue weighted by molar-refractivity contribution is 0.140. The van der Waals surface area contributed by atoms with Crippen LogP contribution in [0.1, 0.15) is 19.4 Å². The second-order valence-corrected chi connectivity index (χ2v) is 11.7. The number of alkyl halides is 1. The lowest BCUT2D eigenvalue weighted by Gasteiger charge is -2.26. The largest absolute Gasteiger partial charge is 0.490 e. The van der Waals surface area contributed by atoms with E-state index in [0.29, 0.717) is 0 Å². The molecule has 2 heterocycles. The van der Waals surface area contributed by atoms with Crippen molar-refractivity contribution in [3.63, 3.8) is 0 Å². The Hall–Kier alpha value is -1.75. The van der Waals surface area contributed by atoms with Crippen molar-refractivity contribution < 1.29 is 50.8 Å². The van der Waals surface area contributed by atoms with Crippen LogP contribution in [0.5, 0.6) is 0 Å². The van der Waals surface area contributed by atoms with Crippen LogP contribution < -0.4 is 5.73 Å². The number of fused-ring (bicyclic) bond motifs is 1. The zero-order valence-corrected chi connectivity index (χ0v) is 19.4. The Morgan fingerprint density at radius 3 is 2.52 bits per heavy atom. The first-order chi connectivity index (χ1) is 15.1. The van der Waals surface area contributed by atoms with Crippen LogP contribution >= 0.6 is 23.5 Å². The minimum Gasteiger partial charge on any atom is -0.382 e. The number of anilines is 1. The molecule has 1 aliphatic carbocycles. The lowest BCUT2D eigenvalue weighted by Crippen LogP contribution is -2.31. The van der Waals surface area contributed by atoms with Crippen LogP contribution in [0.4, 0.5) is 10.2 Å². The number of hydrogen-bond acceptors (Lipinski definition) is 10.